The first-order valence-electron chi connectivity index (χ1n) is 5.41. The summed E-state index contributed by atoms with van der Waals surface area (Å²) in [6.45, 7) is 0.411. The van der Waals surface area contributed by atoms with Gasteiger partial charge in [-0.15, -0.1) is 0 Å². The van der Waals surface area contributed by atoms with Gasteiger partial charge in [0.1, 0.15) is 12.9 Å². The normalized spacial score (nSPS) is 12.4. The molecule has 5 nitrogen and oxygen atoms in total. The van der Waals surface area contributed by atoms with Crippen LogP contribution in [0.2, 0.25) is 0 Å². The van der Waals surface area contributed by atoms with Crippen LogP contribution in [0, 0.1) is 0 Å². The number of furan rings is 1. The summed E-state index contributed by atoms with van der Waals surface area (Å²) in [5, 5.41) is 0. The van der Waals surface area contributed by atoms with Crippen molar-refractivity contribution >= 4 is 5.97 Å². The maximum atomic E-state index is 11.6. The second-order valence-corrected chi connectivity index (χ2v) is 3.78. The van der Waals surface area contributed by atoms with Crippen molar-refractivity contribution in [2.45, 2.75) is 6.61 Å². The zero-order valence-corrected chi connectivity index (χ0v) is 9.42. The molecule has 1 aromatic carbocycles. The van der Waals surface area contributed by atoms with E-state index in [1.807, 2.05) is 6.07 Å². The molecule has 18 heavy (non-hydrogen) atoms. The summed E-state index contributed by atoms with van der Waals surface area (Å²) in [7, 11) is 0. The van der Waals surface area contributed by atoms with E-state index < -0.39 is 5.97 Å². The highest BCUT2D eigenvalue weighted by atomic mass is 16.7. The highest BCUT2D eigenvalue weighted by Gasteiger charge is 2.14. The van der Waals surface area contributed by atoms with Crippen molar-refractivity contribution in [3.63, 3.8) is 0 Å². The molecule has 0 spiro atoms. The number of benzene rings is 1. The van der Waals surface area contributed by atoms with Crippen molar-refractivity contribution in [3.8, 4) is 11.5 Å². The van der Waals surface area contributed by atoms with Gasteiger partial charge in [0.2, 0.25) is 6.79 Å². The van der Waals surface area contributed by atoms with Crippen LogP contribution in [0.4, 0.5) is 0 Å². The van der Waals surface area contributed by atoms with Crippen molar-refractivity contribution in [3.05, 3.63) is 47.9 Å². The fraction of sp³-hybridized carbons (Fsp3) is 0.154. The fourth-order valence-electron chi connectivity index (χ4n) is 1.64. The van der Waals surface area contributed by atoms with Gasteiger partial charge in [-0.05, 0) is 23.8 Å². The van der Waals surface area contributed by atoms with Crippen molar-refractivity contribution in [2.24, 2.45) is 0 Å². The molecule has 5 heteroatoms. The van der Waals surface area contributed by atoms with Gasteiger partial charge in [0, 0.05) is 0 Å². The average molecular weight is 246 g/mol. The van der Waals surface area contributed by atoms with Crippen LogP contribution in [0.15, 0.2) is 41.2 Å². The second-order valence-electron chi connectivity index (χ2n) is 3.78. The van der Waals surface area contributed by atoms with Gasteiger partial charge in [0.05, 0.1) is 11.8 Å². The van der Waals surface area contributed by atoms with Crippen LogP contribution in [0.5, 0.6) is 11.5 Å². The smallest absolute Gasteiger partial charge is 0.341 e. The Kier molecular flexibility index (Phi) is 2.64. The maximum absolute atomic E-state index is 11.6. The van der Waals surface area contributed by atoms with Gasteiger partial charge in [-0.25, -0.2) is 4.79 Å². The summed E-state index contributed by atoms with van der Waals surface area (Å²) in [6, 6.07) is 6.98. The number of esters is 1. The van der Waals surface area contributed by atoms with Crippen LogP contribution in [0.1, 0.15) is 15.9 Å². The molecule has 0 unspecified atom stereocenters. The largest absolute Gasteiger partial charge is 0.472 e. The van der Waals surface area contributed by atoms with E-state index in [-0.39, 0.29) is 13.4 Å². The van der Waals surface area contributed by atoms with E-state index in [0.717, 1.165) is 5.56 Å². The predicted molar refractivity (Wildman–Crippen MR) is 60.4 cm³/mol. The van der Waals surface area contributed by atoms with E-state index >= 15 is 0 Å². The van der Waals surface area contributed by atoms with E-state index in [9.17, 15) is 4.79 Å². The van der Waals surface area contributed by atoms with E-state index in [0.29, 0.717) is 17.1 Å². The van der Waals surface area contributed by atoms with Crippen molar-refractivity contribution < 1.29 is 23.4 Å². The summed E-state index contributed by atoms with van der Waals surface area (Å²) < 4.78 is 20.4. The third-order valence-electron chi connectivity index (χ3n) is 2.56. The minimum absolute atomic E-state index is 0.181. The Labute approximate surface area is 103 Å². The van der Waals surface area contributed by atoms with E-state index in [1.54, 1.807) is 18.2 Å². The van der Waals surface area contributed by atoms with Gasteiger partial charge in [-0.3, -0.25) is 0 Å². The average Bonchev–Trinajstić information content (AvgIpc) is 3.05. The minimum atomic E-state index is -0.415. The summed E-state index contributed by atoms with van der Waals surface area (Å²) in [4.78, 5) is 11.6. The molecule has 92 valence electrons. The van der Waals surface area contributed by atoms with Gasteiger partial charge >= 0.3 is 5.97 Å². The highest BCUT2D eigenvalue weighted by molar-refractivity contribution is 5.88. The van der Waals surface area contributed by atoms with E-state index in [2.05, 4.69) is 0 Å². The number of ether oxygens (including phenoxy) is 3. The molecule has 2 heterocycles. The van der Waals surface area contributed by atoms with Gasteiger partial charge in [0.25, 0.3) is 0 Å². The van der Waals surface area contributed by atoms with Crippen LogP contribution in [-0.2, 0) is 11.3 Å². The zero-order chi connectivity index (χ0) is 12.4. The SMILES string of the molecule is O=C(OCc1ccc2c(c1)OCO2)c1ccoc1. The number of carbonyl (C=O) groups excluding carboxylic acids is 1. The molecule has 1 aliphatic heterocycles. The number of rotatable bonds is 3. The molecule has 3 rings (SSSR count). The number of hydrogen-bond acceptors (Lipinski definition) is 5. The maximum Gasteiger partial charge on any atom is 0.341 e. The molecule has 0 saturated carbocycles. The number of carbonyl (C=O) groups is 1. The quantitative estimate of drug-likeness (QED) is 0.778. The van der Waals surface area contributed by atoms with Crippen molar-refractivity contribution in [1.82, 2.24) is 0 Å². The molecule has 1 aliphatic rings. The highest BCUT2D eigenvalue weighted by Crippen LogP contribution is 2.32. The number of fused-ring (bicyclic) bond motifs is 1. The van der Waals surface area contributed by atoms with Crippen LogP contribution >= 0.6 is 0 Å². The standard InChI is InChI=1S/C13H10O5/c14-13(10-3-4-15-7-10)16-6-9-1-2-11-12(5-9)18-8-17-11/h1-5,7H,6,8H2. The zero-order valence-electron chi connectivity index (χ0n) is 9.42. The Hall–Kier alpha value is -2.43. The van der Waals surface area contributed by atoms with Crippen molar-refractivity contribution in [2.75, 3.05) is 6.79 Å². The minimum Gasteiger partial charge on any atom is -0.472 e. The lowest BCUT2D eigenvalue weighted by Gasteiger charge is -2.04. The van der Waals surface area contributed by atoms with Gasteiger partial charge in [-0.1, -0.05) is 6.07 Å². The topological polar surface area (TPSA) is 57.9 Å². The molecule has 2 aromatic rings. The Morgan fingerprint density at radius 1 is 1.22 bits per heavy atom. The first-order valence-corrected chi connectivity index (χ1v) is 5.41. The first kappa shape index (κ1) is 10.7. The van der Waals surface area contributed by atoms with Crippen LogP contribution in [0.3, 0.4) is 0 Å². The molecular formula is C13H10O5. The molecule has 0 fully saturated rings. The molecular weight excluding hydrogens is 236 g/mol. The fourth-order valence-corrected chi connectivity index (χ4v) is 1.64. The third kappa shape index (κ3) is 2.02. The monoisotopic (exact) mass is 246 g/mol. The summed E-state index contributed by atoms with van der Waals surface area (Å²) in [6.07, 6.45) is 2.78. The lowest BCUT2D eigenvalue weighted by atomic mass is 10.2. The third-order valence-corrected chi connectivity index (χ3v) is 2.56. The molecule has 0 radical (unpaired) electrons. The molecule has 0 saturated heterocycles. The van der Waals surface area contributed by atoms with Gasteiger partial charge < -0.3 is 18.6 Å². The van der Waals surface area contributed by atoms with Crippen molar-refractivity contribution in [1.29, 1.82) is 0 Å². The van der Waals surface area contributed by atoms with E-state index in [4.69, 9.17) is 18.6 Å². The Morgan fingerprint density at radius 3 is 2.94 bits per heavy atom. The summed E-state index contributed by atoms with van der Waals surface area (Å²) >= 11 is 0. The molecule has 0 N–H and O–H groups in total. The molecule has 0 bridgehead atoms. The molecule has 1 aromatic heterocycles. The first-order chi connectivity index (χ1) is 8.83. The van der Waals surface area contributed by atoms with Gasteiger partial charge in [0.15, 0.2) is 11.5 Å². The van der Waals surface area contributed by atoms with Crippen LogP contribution < -0.4 is 9.47 Å². The van der Waals surface area contributed by atoms with Gasteiger partial charge in [-0.2, -0.15) is 0 Å². The summed E-state index contributed by atoms with van der Waals surface area (Å²) in [5.74, 6) is 0.966. The van der Waals surface area contributed by atoms with Crippen LogP contribution in [-0.4, -0.2) is 12.8 Å². The molecule has 0 amide bonds. The number of hydrogen-bond donors (Lipinski definition) is 0. The molecule has 0 aliphatic carbocycles. The Bertz CT molecular complexity index is 559. The van der Waals surface area contributed by atoms with E-state index in [1.165, 1.54) is 12.5 Å². The Morgan fingerprint density at radius 2 is 2.11 bits per heavy atom. The van der Waals surface area contributed by atoms with Crippen LogP contribution in [0.25, 0.3) is 0 Å². The summed E-state index contributed by atoms with van der Waals surface area (Å²) in [5.41, 5.74) is 1.24. The second kappa shape index (κ2) is 4.44. The lowest BCUT2D eigenvalue weighted by molar-refractivity contribution is 0.0471. The predicted octanol–water partition coefficient (Wildman–Crippen LogP) is 2.37. The molecule has 0 atom stereocenters. The lowest BCUT2D eigenvalue weighted by Crippen LogP contribution is -2.03. The Balaban J connectivity index is 1.65.